The molecule has 2 aliphatic carbocycles. The third-order valence-corrected chi connectivity index (χ3v) is 9.46. The maximum Gasteiger partial charge on any atom is 0.182 e. The van der Waals surface area contributed by atoms with Crippen molar-refractivity contribution in [3.8, 4) is 17.0 Å². The summed E-state index contributed by atoms with van der Waals surface area (Å²) in [5.41, 5.74) is 12.2. The van der Waals surface area contributed by atoms with Gasteiger partial charge in [-0.3, -0.25) is 9.48 Å². The van der Waals surface area contributed by atoms with E-state index in [4.69, 9.17) is 15.6 Å². The first kappa shape index (κ1) is 24.1. The normalized spacial score (nSPS) is 15.0. The zero-order valence-corrected chi connectivity index (χ0v) is 21.4. The Morgan fingerprint density at radius 1 is 1.12 bits per heavy atom. The number of methoxy groups -OCH3 is 1. The predicted molar refractivity (Wildman–Crippen MR) is 139 cm³/mol. The summed E-state index contributed by atoms with van der Waals surface area (Å²) >= 11 is 0. The fraction of sp³-hybridized carbons (Fsp3) is 0.440. The number of nitrogens with zero attached hydrogens (tertiary/aromatic N) is 4. The van der Waals surface area contributed by atoms with E-state index in [1.165, 1.54) is 38.0 Å². The lowest BCUT2D eigenvalue weighted by Gasteiger charge is -2.16. The van der Waals surface area contributed by atoms with E-state index in [2.05, 4.69) is 33.3 Å². The number of carbonyl (C=O) groups excluding carboxylic acids is 1. The predicted octanol–water partition coefficient (Wildman–Crippen LogP) is 4.87. The molecular formula is C25H33N6O2P. The number of anilines is 3. The van der Waals surface area contributed by atoms with Crippen LogP contribution in [0.5, 0.6) is 5.75 Å². The van der Waals surface area contributed by atoms with Crippen molar-refractivity contribution in [2.75, 3.05) is 18.2 Å². The first-order chi connectivity index (χ1) is 16.5. The molecule has 5 rings (SSSR count). The van der Waals surface area contributed by atoms with Gasteiger partial charge >= 0.3 is 0 Å². The Labute approximate surface area is 202 Å². The van der Waals surface area contributed by atoms with E-state index < -0.39 is 0 Å². The molecule has 3 aromatic rings. The fourth-order valence-corrected chi connectivity index (χ4v) is 7.58. The van der Waals surface area contributed by atoms with E-state index in [9.17, 15) is 4.79 Å². The number of Topliss-reactive ketones (excluding diaryl/α,β-unsaturated/α-hetero) is 1. The number of nitrogens with two attached hydrogens (primary N) is 1. The number of hydrogen-bond donors (Lipinski definition) is 2. The number of carbonyl (C=O) groups is 1. The van der Waals surface area contributed by atoms with Crippen molar-refractivity contribution in [1.82, 2.24) is 20.0 Å². The van der Waals surface area contributed by atoms with Crippen LogP contribution in [0, 0.1) is 0 Å². The Morgan fingerprint density at radius 2 is 1.79 bits per heavy atom. The molecule has 2 aliphatic rings. The number of nitrogen functional groups attached to an aromatic ring is 1. The number of ether oxygens (including phenoxy) is 1. The molecule has 0 aliphatic heterocycles. The van der Waals surface area contributed by atoms with Gasteiger partial charge in [0.1, 0.15) is 5.82 Å². The van der Waals surface area contributed by atoms with Crippen LogP contribution in [0.1, 0.15) is 56.9 Å². The van der Waals surface area contributed by atoms with E-state index in [0.29, 0.717) is 17.1 Å². The summed E-state index contributed by atoms with van der Waals surface area (Å²) in [5, 5.41) is 15.9. The SMILES string of the molecule is CC.COc1c(Nc2cc(N)nnc2C(C)=O)cccc1-c1cc(P(C2CC2)C2CC2)n(C)n1. The number of aryl methyl sites for hydroxylation is 1. The zero-order chi connectivity index (χ0) is 24.4. The summed E-state index contributed by atoms with van der Waals surface area (Å²) < 4.78 is 7.87. The lowest BCUT2D eigenvalue weighted by atomic mass is 10.1. The number of rotatable bonds is 8. The second-order valence-corrected chi connectivity index (χ2v) is 11.2. The summed E-state index contributed by atoms with van der Waals surface area (Å²) in [6, 6.07) is 9.71. The first-order valence-corrected chi connectivity index (χ1v) is 13.3. The molecule has 3 N–H and O–H groups in total. The van der Waals surface area contributed by atoms with E-state index in [-0.39, 0.29) is 25.2 Å². The standard InChI is InChI=1S/C23H27N6O2P.C2H6/c1-13(30)22-19(11-20(24)26-27-22)25-17-6-4-5-16(23(17)31-3)18-12-21(29(2)28-18)32(14-7-8-14)15-9-10-15;1-2/h4-6,11-12,14-15H,7-10H2,1-3H3,(H3,24,25,26);1-2H3. The third-order valence-electron chi connectivity index (χ3n) is 5.91. The van der Waals surface area contributed by atoms with E-state index in [1.54, 1.807) is 13.2 Å². The molecule has 0 spiro atoms. The molecule has 0 radical (unpaired) electrons. The lowest BCUT2D eigenvalue weighted by molar-refractivity contribution is 0.101. The van der Waals surface area contributed by atoms with Gasteiger partial charge in [-0.15, -0.1) is 10.2 Å². The highest BCUT2D eigenvalue weighted by Gasteiger charge is 2.43. The van der Waals surface area contributed by atoms with Crippen LogP contribution in [0.25, 0.3) is 11.3 Å². The van der Waals surface area contributed by atoms with Crippen molar-refractivity contribution < 1.29 is 9.53 Å². The molecule has 2 aromatic heterocycles. The van der Waals surface area contributed by atoms with Crippen molar-refractivity contribution in [2.24, 2.45) is 7.05 Å². The van der Waals surface area contributed by atoms with Crippen LogP contribution >= 0.6 is 7.92 Å². The maximum atomic E-state index is 12.0. The number of hydrogen-bond acceptors (Lipinski definition) is 7. The number of aromatic nitrogens is 4. The number of para-hydroxylation sites is 1. The fourth-order valence-electron chi connectivity index (χ4n) is 4.17. The van der Waals surface area contributed by atoms with Crippen molar-refractivity contribution in [3.63, 3.8) is 0 Å². The van der Waals surface area contributed by atoms with Crippen LogP contribution in [0.4, 0.5) is 17.2 Å². The summed E-state index contributed by atoms with van der Waals surface area (Å²) in [7, 11) is 3.55. The minimum atomic E-state index is -0.196. The van der Waals surface area contributed by atoms with Crippen molar-refractivity contribution in [1.29, 1.82) is 0 Å². The first-order valence-electron chi connectivity index (χ1n) is 11.9. The molecule has 180 valence electrons. The Hall–Kier alpha value is -2.99. The Morgan fingerprint density at radius 3 is 2.38 bits per heavy atom. The van der Waals surface area contributed by atoms with Crippen molar-refractivity contribution >= 4 is 36.3 Å². The highest BCUT2D eigenvalue weighted by atomic mass is 31.1. The van der Waals surface area contributed by atoms with Gasteiger partial charge in [-0.05, 0) is 63.1 Å². The monoisotopic (exact) mass is 480 g/mol. The third kappa shape index (κ3) is 4.92. The molecule has 2 saturated carbocycles. The topological polar surface area (TPSA) is 108 Å². The van der Waals surface area contributed by atoms with Crippen LogP contribution in [-0.4, -0.2) is 44.2 Å². The lowest BCUT2D eigenvalue weighted by Crippen LogP contribution is -2.16. The number of nitrogens with one attached hydrogen (secondary N) is 1. The van der Waals surface area contributed by atoms with Crippen LogP contribution in [-0.2, 0) is 7.05 Å². The van der Waals surface area contributed by atoms with Gasteiger partial charge in [0.15, 0.2) is 17.2 Å². The Bertz CT molecular complexity index is 1170. The quantitative estimate of drug-likeness (QED) is 0.350. The van der Waals surface area contributed by atoms with Gasteiger partial charge in [0.25, 0.3) is 0 Å². The molecule has 0 amide bonds. The molecule has 0 unspecified atom stereocenters. The Kier molecular flexibility index (Phi) is 7.17. The minimum Gasteiger partial charge on any atom is -0.494 e. The number of benzene rings is 1. The van der Waals surface area contributed by atoms with Crippen molar-refractivity contribution in [2.45, 2.75) is 57.8 Å². The van der Waals surface area contributed by atoms with E-state index >= 15 is 0 Å². The molecule has 2 fully saturated rings. The van der Waals surface area contributed by atoms with Gasteiger partial charge in [-0.1, -0.05) is 19.9 Å². The maximum absolute atomic E-state index is 12.0. The number of ketones is 1. The largest absolute Gasteiger partial charge is 0.494 e. The zero-order valence-electron chi connectivity index (χ0n) is 20.5. The second kappa shape index (κ2) is 10.1. The van der Waals surface area contributed by atoms with Gasteiger partial charge < -0.3 is 15.8 Å². The van der Waals surface area contributed by atoms with Gasteiger partial charge in [0.2, 0.25) is 0 Å². The highest BCUT2D eigenvalue weighted by molar-refractivity contribution is 7.67. The molecule has 8 nitrogen and oxygen atoms in total. The van der Waals surface area contributed by atoms with Crippen molar-refractivity contribution in [3.05, 3.63) is 36.0 Å². The average Bonchev–Trinajstić information content (AvgIpc) is 3.75. The summed E-state index contributed by atoms with van der Waals surface area (Å²) in [6.45, 7) is 5.45. The van der Waals surface area contributed by atoms with Gasteiger partial charge in [-0.2, -0.15) is 5.10 Å². The van der Waals surface area contributed by atoms with Crippen LogP contribution < -0.4 is 21.2 Å². The highest BCUT2D eigenvalue weighted by Crippen LogP contribution is 2.63. The van der Waals surface area contributed by atoms with Crippen LogP contribution in [0.3, 0.4) is 0 Å². The van der Waals surface area contributed by atoms with Gasteiger partial charge in [0, 0.05) is 25.6 Å². The van der Waals surface area contributed by atoms with Gasteiger partial charge in [0.05, 0.1) is 29.6 Å². The summed E-state index contributed by atoms with van der Waals surface area (Å²) in [6.07, 6.45) is 5.42. The van der Waals surface area contributed by atoms with Gasteiger partial charge in [-0.25, -0.2) is 0 Å². The smallest absolute Gasteiger partial charge is 0.182 e. The molecule has 1 aromatic carbocycles. The van der Waals surface area contributed by atoms with E-state index in [0.717, 1.165) is 22.6 Å². The molecular weight excluding hydrogens is 447 g/mol. The molecule has 0 saturated heterocycles. The van der Waals surface area contributed by atoms with E-state index in [1.807, 2.05) is 32.0 Å². The van der Waals surface area contributed by atoms with Crippen LogP contribution in [0.2, 0.25) is 0 Å². The minimum absolute atomic E-state index is 0.141. The molecule has 34 heavy (non-hydrogen) atoms. The summed E-state index contributed by atoms with van der Waals surface area (Å²) in [4.78, 5) is 12.0. The Balaban J connectivity index is 0.00000133. The molecule has 9 heteroatoms. The average molecular weight is 481 g/mol. The molecule has 0 atom stereocenters. The molecule has 0 bridgehead atoms. The molecule has 2 heterocycles. The van der Waals surface area contributed by atoms with Crippen LogP contribution in [0.15, 0.2) is 30.3 Å². The second-order valence-electron chi connectivity index (χ2n) is 8.48. The summed E-state index contributed by atoms with van der Waals surface area (Å²) in [5.74, 6) is 0.692.